The summed E-state index contributed by atoms with van der Waals surface area (Å²) in [5.74, 6) is -6.25. The number of carboxylic acids is 2. The van der Waals surface area contributed by atoms with E-state index in [-0.39, 0.29) is 38.5 Å². The van der Waals surface area contributed by atoms with Gasteiger partial charge in [-0.15, -0.1) is 0 Å². The van der Waals surface area contributed by atoms with Gasteiger partial charge < -0.3 is 10.2 Å². The molecular formula is C17H20N4O4. The Morgan fingerprint density at radius 2 is 1.24 bits per heavy atom. The first kappa shape index (κ1) is 21.9. The van der Waals surface area contributed by atoms with Gasteiger partial charge in [0, 0.05) is 24.7 Å². The fourth-order valence-corrected chi connectivity index (χ4v) is 3.05. The van der Waals surface area contributed by atoms with Crippen LogP contribution in [-0.2, 0) is 9.59 Å². The van der Waals surface area contributed by atoms with Gasteiger partial charge in [-0.1, -0.05) is 6.92 Å². The topological polar surface area (TPSA) is 170 Å². The van der Waals surface area contributed by atoms with Crippen LogP contribution in [0.25, 0.3) is 0 Å². The van der Waals surface area contributed by atoms with Crippen LogP contribution in [0.15, 0.2) is 0 Å². The molecule has 0 fully saturated rings. The molecule has 0 aliphatic carbocycles. The van der Waals surface area contributed by atoms with E-state index >= 15 is 0 Å². The molecule has 0 rings (SSSR count). The van der Waals surface area contributed by atoms with E-state index in [0.717, 1.165) is 0 Å². The van der Waals surface area contributed by atoms with Crippen LogP contribution < -0.4 is 0 Å². The lowest BCUT2D eigenvalue weighted by atomic mass is 9.65. The normalized spacial score (nSPS) is 14.8. The monoisotopic (exact) mass is 344 g/mol. The summed E-state index contributed by atoms with van der Waals surface area (Å²) in [7, 11) is 0. The molecule has 0 spiro atoms. The van der Waals surface area contributed by atoms with Crippen molar-refractivity contribution in [3.63, 3.8) is 0 Å². The third-order valence-corrected chi connectivity index (χ3v) is 4.19. The van der Waals surface area contributed by atoms with Crippen LogP contribution in [0.2, 0.25) is 0 Å². The summed E-state index contributed by atoms with van der Waals surface area (Å²) < 4.78 is 0. The number of carboxylic acid groups (broad SMARTS) is 2. The second kappa shape index (κ2) is 10.6. The summed E-state index contributed by atoms with van der Waals surface area (Å²) in [6.45, 7) is 1.44. The van der Waals surface area contributed by atoms with E-state index in [9.17, 15) is 30.3 Å². The van der Waals surface area contributed by atoms with Crippen molar-refractivity contribution in [2.75, 3.05) is 0 Å². The molecule has 0 radical (unpaired) electrons. The summed E-state index contributed by atoms with van der Waals surface area (Å²) >= 11 is 0. The zero-order chi connectivity index (χ0) is 19.5. The van der Waals surface area contributed by atoms with Crippen molar-refractivity contribution in [3.8, 4) is 24.3 Å². The summed E-state index contributed by atoms with van der Waals surface area (Å²) in [5, 5.41) is 54.5. The number of aliphatic carboxylic acids is 2. The third-order valence-electron chi connectivity index (χ3n) is 4.19. The highest BCUT2D eigenvalue weighted by Gasteiger charge is 2.46. The Labute approximate surface area is 146 Å². The van der Waals surface area contributed by atoms with Crippen molar-refractivity contribution in [2.45, 2.75) is 45.4 Å². The molecule has 0 aliphatic rings. The molecule has 0 aromatic rings. The molecule has 0 amide bonds. The Balaban J connectivity index is 5.70. The summed E-state index contributed by atoms with van der Waals surface area (Å²) in [5.41, 5.74) is -1.36. The molecule has 0 bridgehead atoms. The molecule has 2 N–H and O–H groups in total. The fraction of sp³-hybridized carbons (Fsp3) is 0.647. The van der Waals surface area contributed by atoms with Crippen molar-refractivity contribution in [2.24, 2.45) is 23.2 Å². The average Bonchev–Trinajstić information content (AvgIpc) is 2.54. The standard InChI is InChI=1S/C17H20N4O4/c1-17(14(15(22)23)16(24)25,8-12(10-20)4-2-6-18)9-13(11-21)5-3-7-19/h12-14H,2-5,8-9H2,1H3,(H,22,23)(H,24,25). The van der Waals surface area contributed by atoms with Gasteiger partial charge in [0.25, 0.3) is 0 Å². The number of nitriles is 4. The molecular weight excluding hydrogens is 324 g/mol. The van der Waals surface area contributed by atoms with Gasteiger partial charge >= 0.3 is 11.9 Å². The van der Waals surface area contributed by atoms with Crippen LogP contribution in [0.3, 0.4) is 0 Å². The molecule has 0 aromatic carbocycles. The zero-order valence-electron chi connectivity index (χ0n) is 14.0. The summed E-state index contributed by atoms with van der Waals surface area (Å²) in [4.78, 5) is 23.0. The van der Waals surface area contributed by atoms with E-state index < -0.39 is 35.1 Å². The van der Waals surface area contributed by atoms with E-state index in [1.165, 1.54) is 6.92 Å². The number of carbonyl (C=O) groups is 2. The van der Waals surface area contributed by atoms with Gasteiger partial charge in [0.15, 0.2) is 5.92 Å². The molecule has 2 atom stereocenters. The van der Waals surface area contributed by atoms with Crippen molar-refractivity contribution in [1.29, 1.82) is 21.0 Å². The van der Waals surface area contributed by atoms with Crippen LogP contribution in [0.1, 0.15) is 45.4 Å². The third kappa shape index (κ3) is 6.90. The Hall–Kier alpha value is -3.10. The first-order chi connectivity index (χ1) is 11.7. The van der Waals surface area contributed by atoms with Crippen LogP contribution in [0.4, 0.5) is 0 Å². The van der Waals surface area contributed by atoms with E-state index in [1.54, 1.807) is 0 Å². The van der Waals surface area contributed by atoms with Gasteiger partial charge in [0.05, 0.1) is 24.3 Å². The molecule has 132 valence electrons. The van der Waals surface area contributed by atoms with Gasteiger partial charge in [-0.25, -0.2) is 0 Å². The quantitative estimate of drug-likeness (QED) is 0.538. The lowest BCUT2D eigenvalue weighted by Gasteiger charge is -2.36. The van der Waals surface area contributed by atoms with Gasteiger partial charge in [-0.05, 0) is 31.1 Å². The highest BCUT2D eigenvalue weighted by atomic mass is 16.4. The maximum Gasteiger partial charge on any atom is 0.318 e. The lowest BCUT2D eigenvalue weighted by molar-refractivity contribution is -0.162. The smallest absolute Gasteiger partial charge is 0.318 e. The van der Waals surface area contributed by atoms with Gasteiger partial charge in [-0.2, -0.15) is 21.0 Å². The van der Waals surface area contributed by atoms with Gasteiger partial charge in [0.2, 0.25) is 0 Å². The predicted molar refractivity (Wildman–Crippen MR) is 84.0 cm³/mol. The second-order valence-electron chi connectivity index (χ2n) is 6.22. The molecule has 0 aromatic heterocycles. The molecule has 0 saturated heterocycles. The minimum atomic E-state index is -1.79. The van der Waals surface area contributed by atoms with Crippen molar-refractivity contribution < 1.29 is 19.8 Å². The SMILES string of the molecule is CC(CC(C#N)CCC#N)(CC(C#N)CCC#N)C(C(=O)O)C(=O)O. The number of hydrogen-bond acceptors (Lipinski definition) is 6. The largest absolute Gasteiger partial charge is 0.481 e. The number of rotatable bonds is 11. The van der Waals surface area contributed by atoms with Crippen molar-refractivity contribution in [1.82, 2.24) is 0 Å². The maximum atomic E-state index is 11.5. The molecule has 8 nitrogen and oxygen atoms in total. The highest BCUT2D eigenvalue weighted by molar-refractivity contribution is 5.93. The summed E-state index contributed by atoms with van der Waals surface area (Å²) in [6, 6.07) is 7.78. The number of hydrogen-bond donors (Lipinski definition) is 2. The second-order valence-corrected chi connectivity index (χ2v) is 6.22. The Kier molecular flexibility index (Phi) is 9.31. The molecule has 2 unspecified atom stereocenters. The fourth-order valence-electron chi connectivity index (χ4n) is 3.05. The van der Waals surface area contributed by atoms with Crippen LogP contribution in [0, 0.1) is 68.5 Å². The average molecular weight is 344 g/mol. The van der Waals surface area contributed by atoms with E-state index in [2.05, 4.69) is 0 Å². The van der Waals surface area contributed by atoms with Crippen LogP contribution >= 0.6 is 0 Å². The predicted octanol–water partition coefficient (Wildman–Crippen LogP) is 2.45. The molecule has 8 heteroatoms. The summed E-state index contributed by atoms with van der Waals surface area (Å²) in [6.07, 6.45) is 0.469. The van der Waals surface area contributed by atoms with E-state index in [1.807, 2.05) is 24.3 Å². The van der Waals surface area contributed by atoms with Gasteiger partial charge in [0.1, 0.15) is 0 Å². The lowest BCUT2D eigenvalue weighted by Crippen LogP contribution is -2.41. The first-order valence-electron chi connectivity index (χ1n) is 7.74. The first-order valence-corrected chi connectivity index (χ1v) is 7.74. The molecule has 0 saturated carbocycles. The molecule has 25 heavy (non-hydrogen) atoms. The maximum absolute atomic E-state index is 11.5. The Morgan fingerprint density at radius 3 is 1.48 bits per heavy atom. The number of nitrogens with zero attached hydrogens (tertiary/aromatic N) is 4. The van der Waals surface area contributed by atoms with Gasteiger partial charge in [-0.3, -0.25) is 9.59 Å². The Bertz CT molecular complexity index is 596. The Morgan fingerprint density at radius 1 is 0.880 bits per heavy atom. The minimum Gasteiger partial charge on any atom is -0.481 e. The van der Waals surface area contributed by atoms with Crippen LogP contribution in [-0.4, -0.2) is 22.2 Å². The van der Waals surface area contributed by atoms with Crippen LogP contribution in [0.5, 0.6) is 0 Å². The van der Waals surface area contributed by atoms with E-state index in [4.69, 9.17) is 10.5 Å². The van der Waals surface area contributed by atoms with Crippen molar-refractivity contribution >= 4 is 11.9 Å². The highest BCUT2D eigenvalue weighted by Crippen LogP contribution is 2.42. The molecule has 0 aliphatic heterocycles. The zero-order valence-corrected chi connectivity index (χ0v) is 14.0. The minimum absolute atomic E-state index is 0.0564. The van der Waals surface area contributed by atoms with Crippen molar-refractivity contribution in [3.05, 3.63) is 0 Å². The molecule has 0 heterocycles. The van der Waals surface area contributed by atoms with E-state index in [0.29, 0.717) is 0 Å².